The van der Waals surface area contributed by atoms with Crippen LogP contribution < -0.4 is 10.5 Å². The van der Waals surface area contributed by atoms with Crippen molar-refractivity contribution in [2.24, 2.45) is 11.1 Å². The van der Waals surface area contributed by atoms with Crippen LogP contribution in [0.25, 0.3) is 28.1 Å². The molecule has 176 valence electrons. The maximum absolute atomic E-state index is 6.13. The maximum Gasteiger partial charge on any atom is 0.187 e. The van der Waals surface area contributed by atoms with E-state index >= 15 is 0 Å². The van der Waals surface area contributed by atoms with Crippen molar-refractivity contribution in [3.05, 3.63) is 54.2 Å². The third kappa shape index (κ3) is 3.91. The first-order valence-electron chi connectivity index (χ1n) is 11.9. The van der Waals surface area contributed by atoms with E-state index < -0.39 is 0 Å². The van der Waals surface area contributed by atoms with E-state index in [1.54, 1.807) is 0 Å². The maximum atomic E-state index is 6.13. The predicted molar refractivity (Wildman–Crippen MR) is 131 cm³/mol. The second-order valence-corrected chi connectivity index (χ2v) is 10.1. The van der Waals surface area contributed by atoms with Gasteiger partial charge in [-0.15, -0.1) is 10.2 Å². The van der Waals surface area contributed by atoms with Gasteiger partial charge in [0.15, 0.2) is 11.5 Å². The van der Waals surface area contributed by atoms with Crippen molar-refractivity contribution in [2.75, 3.05) is 32.9 Å². The molecule has 0 unspecified atom stereocenters. The first kappa shape index (κ1) is 21.5. The highest BCUT2D eigenvalue weighted by molar-refractivity contribution is 5.82. The molecule has 0 bridgehead atoms. The van der Waals surface area contributed by atoms with E-state index in [0.29, 0.717) is 6.61 Å². The zero-order valence-corrected chi connectivity index (χ0v) is 19.6. The molecule has 1 aromatic carbocycles. The van der Waals surface area contributed by atoms with Crippen LogP contribution in [0.4, 0.5) is 0 Å². The number of fused-ring (bicyclic) bond motifs is 2. The second kappa shape index (κ2) is 8.30. The average Bonchev–Trinajstić information content (AvgIpc) is 3.46. The number of ether oxygens (including phenoxy) is 2. The Kier molecular flexibility index (Phi) is 5.24. The summed E-state index contributed by atoms with van der Waals surface area (Å²) >= 11 is 0. The van der Waals surface area contributed by atoms with Gasteiger partial charge in [-0.3, -0.25) is 9.30 Å². The molecule has 5 heterocycles. The molecule has 8 heteroatoms. The lowest BCUT2D eigenvalue weighted by molar-refractivity contribution is -0.120. The Bertz CT molecular complexity index is 1350. The minimum Gasteiger partial charge on any atom is -0.493 e. The molecule has 3 aromatic heterocycles. The summed E-state index contributed by atoms with van der Waals surface area (Å²) in [7, 11) is 0. The van der Waals surface area contributed by atoms with Crippen LogP contribution in [0.2, 0.25) is 0 Å². The van der Waals surface area contributed by atoms with Crippen molar-refractivity contribution >= 4 is 16.6 Å². The quantitative estimate of drug-likeness (QED) is 0.473. The van der Waals surface area contributed by atoms with Crippen molar-refractivity contribution in [2.45, 2.75) is 32.4 Å². The lowest BCUT2D eigenvalue weighted by Gasteiger charge is -2.37. The standard InChI is InChI=1S/C26H30N6O2/c1-17(31-10-9-20(27)13-31)19-5-8-24-29-30-25(32(24)12-19)22-7-4-18-3-6-21(11-23(18)28-22)34-16-26(2)14-33-15-26/h3-8,11-12,17,20H,9-10,13-16,27H2,1-2H3/t17-,20-/m0/s1. The van der Waals surface area contributed by atoms with Gasteiger partial charge in [-0.1, -0.05) is 19.1 Å². The van der Waals surface area contributed by atoms with Gasteiger partial charge in [-0.25, -0.2) is 4.98 Å². The van der Waals surface area contributed by atoms with Crippen molar-refractivity contribution in [3.63, 3.8) is 0 Å². The fourth-order valence-electron chi connectivity index (χ4n) is 4.81. The van der Waals surface area contributed by atoms with Crippen LogP contribution in [0.1, 0.15) is 31.9 Å². The van der Waals surface area contributed by atoms with E-state index in [0.717, 1.165) is 66.5 Å². The molecule has 0 radical (unpaired) electrons. The summed E-state index contributed by atoms with van der Waals surface area (Å²) in [6, 6.07) is 14.8. The number of pyridine rings is 2. The normalized spacial score (nSPS) is 21.1. The molecule has 2 fully saturated rings. The summed E-state index contributed by atoms with van der Waals surface area (Å²) in [5.41, 5.74) is 9.90. The average molecular weight is 459 g/mol. The van der Waals surface area contributed by atoms with Gasteiger partial charge in [0, 0.05) is 48.2 Å². The summed E-state index contributed by atoms with van der Waals surface area (Å²) in [5, 5.41) is 9.90. The molecule has 34 heavy (non-hydrogen) atoms. The van der Waals surface area contributed by atoms with Gasteiger partial charge in [-0.05, 0) is 43.2 Å². The van der Waals surface area contributed by atoms with Gasteiger partial charge in [-0.2, -0.15) is 0 Å². The Morgan fingerprint density at radius 3 is 2.79 bits per heavy atom. The molecular weight excluding hydrogens is 428 g/mol. The zero-order valence-electron chi connectivity index (χ0n) is 19.6. The van der Waals surface area contributed by atoms with Crippen LogP contribution in [0, 0.1) is 5.41 Å². The number of hydrogen-bond donors (Lipinski definition) is 1. The summed E-state index contributed by atoms with van der Waals surface area (Å²) in [6.07, 6.45) is 3.18. The SMILES string of the molecule is C[C@@H](c1ccc2nnc(-c3ccc4ccc(OCC5(C)COC5)cc4n3)n2c1)N1CC[C@H](N)C1. The monoisotopic (exact) mass is 458 g/mol. The molecule has 2 saturated heterocycles. The number of nitrogens with two attached hydrogens (primary N) is 1. The van der Waals surface area contributed by atoms with E-state index in [1.165, 1.54) is 5.56 Å². The minimum absolute atomic E-state index is 0.0969. The van der Waals surface area contributed by atoms with Crippen LogP contribution in [0.15, 0.2) is 48.7 Å². The first-order valence-corrected chi connectivity index (χ1v) is 11.9. The molecule has 0 aliphatic carbocycles. The van der Waals surface area contributed by atoms with Crippen LogP contribution in [0.5, 0.6) is 5.75 Å². The van der Waals surface area contributed by atoms with Gasteiger partial charge in [0.25, 0.3) is 0 Å². The summed E-state index contributed by atoms with van der Waals surface area (Å²) in [4.78, 5) is 7.35. The van der Waals surface area contributed by atoms with Gasteiger partial charge in [0.2, 0.25) is 0 Å². The van der Waals surface area contributed by atoms with Gasteiger partial charge in [0.05, 0.1) is 25.3 Å². The zero-order chi connectivity index (χ0) is 23.3. The van der Waals surface area contributed by atoms with E-state index in [1.807, 2.05) is 34.7 Å². The Morgan fingerprint density at radius 1 is 1.18 bits per heavy atom. The largest absolute Gasteiger partial charge is 0.493 e. The highest BCUT2D eigenvalue weighted by atomic mass is 16.5. The fourth-order valence-corrected chi connectivity index (χ4v) is 4.81. The van der Waals surface area contributed by atoms with E-state index in [9.17, 15) is 0 Å². The number of rotatable bonds is 6. The Balaban J connectivity index is 1.30. The van der Waals surface area contributed by atoms with E-state index in [2.05, 4.69) is 47.3 Å². The summed E-state index contributed by atoms with van der Waals surface area (Å²) in [5.74, 6) is 1.55. The fraction of sp³-hybridized carbons (Fsp3) is 0.423. The van der Waals surface area contributed by atoms with Crippen molar-refractivity contribution in [1.82, 2.24) is 24.5 Å². The van der Waals surface area contributed by atoms with Crippen molar-refractivity contribution in [1.29, 1.82) is 0 Å². The van der Waals surface area contributed by atoms with Crippen LogP contribution in [-0.4, -0.2) is 63.4 Å². The topological polar surface area (TPSA) is 90.8 Å². The highest BCUT2D eigenvalue weighted by Crippen LogP contribution is 2.30. The second-order valence-electron chi connectivity index (χ2n) is 10.1. The van der Waals surface area contributed by atoms with Gasteiger partial charge >= 0.3 is 0 Å². The molecule has 8 nitrogen and oxygen atoms in total. The van der Waals surface area contributed by atoms with Crippen LogP contribution in [-0.2, 0) is 4.74 Å². The van der Waals surface area contributed by atoms with Crippen LogP contribution in [0.3, 0.4) is 0 Å². The number of benzene rings is 1. The molecule has 2 atom stereocenters. The van der Waals surface area contributed by atoms with Crippen LogP contribution >= 0.6 is 0 Å². The Morgan fingerprint density at radius 2 is 2.03 bits per heavy atom. The minimum atomic E-state index is 0.0969. The predicted octanol–water partition coefficient (Wildman–Crippen LogP) is 3.45. The lowest BCUT2D eigenvalue weighted by Crippen LogP contribution is -2.44. The third-order valence-electron chi connectivity index (χ3n) is 7.09. The van der Waals surface area contributed by atoms with E-state index in [4.69, 9.17) is 20.2 Å². The van der Waals surface area contributed by atoms with Gasteiger partial charge in [0.1, 0.15) is 11.4 Å². The lowest BCUT2D eigenvalue weighted by atomic mass is 9.90. The molecule has 6 rings (SSSR count). The molecule has 2 aliphatic heterocycles. The van der Waals surface area contributed by atoms with E-state index in [-0.39, 0.29) is 17.5 Å². The summed E-state index contributed by atoms with van der Waals surface area (Å²) in [6.45, 7) is 8.49. The molecule has 0 saturated carbocycles. The number of aromatic nitrogens is 4. The van der Waals surface area contributed by atoms with Crippen molar-refractivity contribution < 1.29 is 9.47 Å². The Labute approximate surface area is 198 Å². The molecule has 2 aliphatic rings. The molecule has 0 amide bonds. The van der Waals surface area contributed by atoms with Gasteiger partial charge < -0.3 is 15.2 Å². The smallest absolute Gasteiger partial charge is 0.187 e. The van der Waals surface area contributed by atoms with Crippen molar-refractivity contribution in [3.8, 4) is 17.3 Å². The summed E-state index contributed by atoms with van der Waals surface area (Å²) < 4.78 is 13.4. The molecule has 4 aromatic rings. The molecule has 0 spiro atoms. The third-order valence-corrected chi connectivity index (χ3v) is 7.09. The number of likely N-dealkylation sites (tertiary alicyclic amines) is 1. The number of nitrogens with zero attached hydrogens (tertiary/aromatic N) is 5. The first-order chi connectivity index (χ1) is 16.5. The highest BCUT2D eigenvalue weighted by Gasteiger charge is 2.34. The molecular formula is C26H30N6O2. The molecule has 2 N–H and O–H groups in total. The Hall–Kier alpha value is -3.07. The number of hydrogen-bond acceptors (Lipinski definition) is 7.